The summed E-state index contributed by atoms with van der Waals surface area (Å²) in [6.45, 7) is 5.43. The van der Waals surface area contributed by atoms with E-state index in [9.17, 15) is 14.0 Å². The van der Waals surface area contributed by atoms with Crippen LogP contribution in [0, 0.1) is 12.7 Å². The minimum absolute atomic E-state index is 0.189. The number of hydrogen-bond donors (Lipinski definition) is 0. The lowest BCUT2D eigenvalue weighted by Gasteiger charge is -2.22. The zero-order valence-electron chi connectivity index (χ0n) is 21.9. The fourth-order valence-electron chi connectivity index (χ4n) is 4.83. The fourth-order valence-corrected chi connectivity index (χ4v) is 5.20. The number of hydrogen-bond acceptors (Lipinski definition) is 7. The van der Waals surface area contributed by atoms with Crippen molar-refractivity contribution in [1.29, 1.82) is 0 Å². The van der Waals surface area contributed by atoms with Crippen LogP contribution in [0.25, 0.3) is 22.7 Å². The van der Waals surface area contributed by atoms with Crippen LogP contribution < -0.4 is 11.2 Å². The maximum atomic E-state index is 13.9. The number of aryl methyl sites for hydroxylation is 2. The minimum atomic E-state index is -0.447. The molecule has 10 nitrogen and oxygen atoms in total. The molecule has 0 radical (unpaired) electrons. The number of halogens is 2. The van der Waals surface area contributed by atoms with Gasteiger partial charge in [0.05, 0.1) is 18.5 Å². The van der Waals surface area contributed by atoms with Crippen molar-refractivity contribution >= 4 is 27.1 Å². The van der Waals surface area contributed by atoms with Crippen molar-refractivity contribution in [2.24, 2.45) is 0 Å². The minimum Gasteiger partial charge on any atom is -0.353 e. The third-order valence-electron chi connectivity index (χ3n) is 6.78. The maximum absolute atomic E-state index is 13.9. The zero-order chi connectivity index (χ0) is 27.5. The predicted molar refractivity (Wildman–Crippen MR) is 147 cm³/mol. The van der Waals surface area contributed by atoms with Gasteiger partial charge in [-0.1, -0.05) is 12.1 Å². The quantitative estimate of drug-likeness (QED) is 0.267. The Morgan fingerprint density at radius 1 is 1.13 bits per heavy atom. The molecule has 0 spiro atoms. The molecule has 0 N–H and O–H groups in total. The second kappa shape index (κ2) is 11.9. The van der Waals surface area contributed by atoms with E-state index < -0.39 is 11.2 Å². The predicted octanol–water partition coefficient (Wildman–Crippen LogP) is 4.03. The average Bonchev–Trinajstić information content (AvgIpc) is 3.29. The van der Waals surface area contributed by atoms with Gasteiger partial charge in [0.1, 0.15) is 16.1 Å². The molecule has 1 aromatic carbocycles. The van der Waals surface area contributed by atoms with Gasteiger partial charge < -0.3 is 14.0 Å². The van der Waals surface area contributed by atoms with Crippen LogP contribution in [0.5, 0.6) is 0 Å². The van der Waals surface area contributed by atoms with E-state index in [4.69, 9.17) is 14.5 Å². The molecule has 0 bridgehead atoms. The number of imidazole rings is 1. The van der Waals surface area contributed by atoms with E-state index >= 15 is 0 Å². The Morgan fingerprint density at radius 2 is 1.92 bits per heavy atom. The van der Waals surface area contributed by atoms with Crippen LogP contribution in [-0.2, 0) is 29.1 Å². The van der Waals surface area contributed by atoms with E-state index in [1.54, 1.807) is 29.8 Å². The highest BCUT2D eigenvalue weighted by Gasteiger charge is 2.24. The van der Waals surface area contributed by atoms with Gasteiger partial charge in [-0.25, -0.2) is 24.1 Å². The summed E-state index contributed by atoms with van der Waals surface area (Å²) in [7, 11) is 0. The van der Waals surface area contributed by atoms with Gasteiger partial charge in [-0.2, -0.15) is 0 Å². The van der Waals surface area contributed by atoms with Crippen LogP contribution in [0.3, 0.4) is 0 Å². The molecule has 3 aromatic heterocycles. The van der Waals surface area contributed by atoms with Crippen molar-refractivity contribution in [3.8, 4) is 11.5 Å². The molecule has 5 rings (SSSR count). The molecule has 4 aromatic rings. The van der Waals surface area contributed by atoms with Crippen LogP contribution in [0.15, 0.2) is 44.7 Å². The van der Waals surface area contributed by atoms with Crippen molar-refractivity contribution in [3.63, 3.8) is 0 Å². The van der Waals surface area contributed by atoms with E-state index in [-0.39, 0.29) is 36.4 Å². The zero-order valence-corrected chi connectivity index (χ0v) is 23.5. The molecule has 1 fully saturated rings. The lowest BCUT2D eigenvalue weighted by atomic mass is 10.2. The largest absolute Gasteiger partial charge is 0.353 e. The SMILES string of the molecule is CCn1c(=O)n(CCCOC2CCCCO2)c(=O)c2c1nc(-c1ncc(Br)nc1C)n2Cc1ccc(F)cc1. The van der Waals surface area contributed by atoms with Gasteiger partial charge in [-0.15, -0.1) is 0 Å². The third-order valence-corrected chi connectivity index (χ3v) is 7.16. The second-order valence-electron chi connectivity index (χ2n) is 9.45. The van der Waals surface area contributed by atoms with E-state index in [1.165, 1.54) is 21.3 Å². The molecule has 1 aliphatic heterocycles. The fraction of sp³-hybridized carbons (Fsp3) is 0.444. The topological polar surface area (TPSA) is 106 Å². The van der Waals surface area contributed by atoms with Crippen molar-refractivity contribution < 1.29 is 13.9 Å². The average molecular weight is 601 g/mol. The van der Waals surface area contributed by atoms with E-state index in [1.807, 2.05) is 6.92 Å². The van der Waals surface area contributed by atoms with Gasteiger partial charge in [-0.3, -0.25) is 13.9 Å². The molecular formula is C27H30BrFN6O4. The van der Waals surface area contributed by atoms with Crippen LogP contribution in [0.1, 0.15) is 43.9 Å². The highest BCUT2D eigenvalue weighted by atomic mass is 79.9. The van der Waals surface area contributed by atoms with E-state index in [2.05, 4.69) is 25.9 Å². The Hall–Kier alpha value is -3.22. The van der Waals surface area contributed by atoms with Gasteiger partial charge in [0.25, 0.3) is 5.56 Å². The van der Waals surface area contributed by atoms with Gasteiger partial charge in [-0.05, 0) is 73.2 Å². The first-order valence-electron chi connectivity index (χ1n) is 13.1. The molecule has 206 valence electrons. The van der Waals surface area contributed by atoms with Crippen molar-refractivity contribution in [2.75, 3.05) is 13.2 Å². The van der Waals surface area contributed by atoms with Gasteiger partial charge in [0.2, 0.25) is 0 Å². The van der Waals surface area contributed by atoms with Gasteiger partial charge in [0, 0.05) is 26.2 Å². The van der Waals surface area contributed by atoms with Crippen molar-refractivity contribution in [1.82, 2.24) is 28.7 Å². The first-order chi connectivity index (χ1) is 18.9. The highest BCUT2D eigenvalue weighted by molar-refractivity contribution is 9.10. The smallest absolute Gasteiger partial charge is 0.332 e. The molecule has 0 aliphatic carbocycles. The first kappa shape index (κ1) is 27.4. The van der Waals surface area contributed by atoms with Gasteiger partial charge in [0.15, 0.2) is 23.3 Å². The number of aromatic nitrogens is 6. The number of ether oxygens (including phenoxy) is 2. The summed E-state index contributed by atoms with van der Waals surface area (Å²) in [6.07, 6.45) is 4.74. The number of rotatable bonds is 9. The molecule has 1 atom stereocenters. The summed E-state index contributed by atoms with van der Waals surface area (Å²) < 4.78 is 30.1. The lowest BCUT2D eigenvalue weighted by Crippen LogP contribution is -2.40. The lowest BCUT2D eigenvalue weighted by molar-refractivity contribution is -0.163. The van der Waals surface area contributed by atoms with E-state index in [0.29, 0.717) is 48.0 Å². The first-order valence-corrected chi connectivity index (χ1v) is 13.9. The summed E-state index contributed by atoms with van der Waals surface area (Å²) in [5.41, 5.74) is 1.53. The molecule has 0 amide bonds. The summed E-state index contributed by atoms with van der Waals surface area (Å²) in [5, 5.41) is 0. The Labute approximate surface area is 232 Å². The number of fused-ring (bicyclic) bond motifs is 1. The molecule has 12 heteroatoms. The Bertz CT molecular complexity index is 1590. The van der Waals surface area contributed by atoms with Gasteiger partial charge >= 0.3 is 5.69 Å². The molecule has 1 aliphatic rings. The monoisotopic (exact) mass is 600 g/mol. The van der Waals surface area contributed by atoms with Crippen LogP contribution >= 0.6 is 15.9 Å². The summed E-state index contributed by atoms with van der Waals surface area (Å²) >= 11 is 3.34. The number of benzene rings is 1. The van der Waals surface area contributed by atoms with E-state index in [0.717, 1.165) is 24.8 Å². The second-order valence-corrected chi connectivity index (χ2v) is 10.3. The van der Waals surface area contributed by atoms with Crippen molar-refractivity contribution in [2.45, 2.75) is 65.5 Å². The molecule has 1 unspecified atom stereocenters. The normalized spacial score (nSPS) is 15.7. The Morgan fingerprint density at radius 3 is 2.62 bits per heavy atom. The van der Waals surface area contributed by atoms with Crippen molar-refractivity contribution in [3.05, 3.63) is 73.0 Å². The maximum Gasteiger partial charge on any atom is 0.332 e. The summed E-state index contributed by atoms with van der Waals surface area (Å²) in [6, 6.07) is 6.05. The molecule has 0 saturated carbocycles. The Kier molecular flexibility index (Phi) is 8.34. The highest BCUT2D eigenvalue weighted by Crippen LogP contribution is 2.25. The standard InChI is InChI=1S/C27H30BrFN6O4/c1-3-33-25-23(26(36)34(27(33)37)12-6-14-39-21-7-4-5-13-38-21)35(16-18-8-10-19(29)11-9-18)24(32-25)22-17(2)31-20(28)15-30-22/h8-11,15,21H,3-7,12-14,16H2,1-2H3. The van der Waals surface area contributed by atoms with Crippen LogP contribution in [-0.4, -0.2) is 48.2 Å². The molecule has 39 heavy (non-hydrogen) atoms. The molecule has 4 heterocycles. The molecular weight excluding hydrogens is 571 g/mol. The number of nitrogens with zero attached hydrogens (tertiary/aromatic N) is 6. The van der Waals surface area contributed by atoms with Crippen LogP contribution in [0.4, 0.5) is 4.39 Å². The third kappa shape index (κ3) is 5.73. The van der Waals surface area contributed by atoms with Crippen LogP contribution in [0.2, 0.25) is 0 Å². The Balaban J connectivity index is 1.60. The summed E-state index contributed by atoms with van der Waals surface area (Å²) in [5.74, 6) is 0.0492. The molecule has 1 saturated heterocycles. The summed E-state index contributed by atoms with van der Waals surface area (Å²) in [4.78, 5) is 41.0.